The van der Waals surface area contributed by atoms with E-state index in [9.17, 15) is 9.59 Å². The van der Waals surface area contributed by atoms with Gasteiger partial charge in [0.05, 0.1) is 12.8 Å². The fourth-order valence-corrected chi connectivity index (χ4v) is 4.60. The molecule has 1 aliphatic rings. The average Bonchev–Trinajstić information content (AvgIpc) is 2.92. The number of ether oxygens (including phenoxy) is 1. The second-order valence-corrected chi connectivity index (χ2v) is 8.94. The van der Waals surface area contributed by atoms with Crippen molar-refractivity contribution in [1.29, 1.82) is 0 Å². The van der Waals surface area contributed by atoms with Crippen LogP contribution in [0.15, 0.2) is 84.9 Å². The van der Waals surface area contributed by atoms with E-state index in [-0.39, 0.29) is 17.9 Å². The number of methoxy groups -OCH3 is 1. The van der Waals surface area contributed by atoms with E-state index in [0.717, 1.165) is 24.0 Å². The summed E-state index contributed by atoms with van der Waals surface area (Å²) in [6, 6.07) is 27.6. The third-order valence-electron chi connectivity index (χ3n) is 6.63. The summed E-state index contributed by atoms with van der Waals surface area (Å²) >= 11 is 0. The quantitative estimate of drug-likeness (QED) is 0.470. The largest absolute Gasteiger partial charge is 0.495 e. The molecule has 0 spiro atoms. The number of benzene rings is 3. The van der Waals surface area contributed by atoms with Gasteiger partial charge in [0.25, 0.3) is 0 Å². The van der Waals surface area contributed by atoms with Gasteiger partial charge in [-0.2, -0.15) is 0 Å². The average molecular weight is 472 g/mol. The molecule has 1 saturated heterocycles. The van der Waals surface area contributed by atoms with Crippen molar-refractivity contribution in [3.8, 4) is 5.75 Å². The molecule has 35 heavy (non-hydrogen) atoms. The summed E-state index contributed by atoms with van der Waals surface area (Å²) in [6.45, 7) is 1.97. The van der Waals surface area contributed by atoms with E-state index >= 15 is 0 Å². The summed E-state index contributed by atoms with van der Waals surface area (Å²) in [7, 11) is 1.59. The Morgan fingerprint density at radius 3 is 2.06 bits per heavy atom. The SMILES string of the molecule is COc1ccccc1NC(=O)N1CCC(CNC(=O)CC(c2ccccc2)c2ccccc2)CC1. The van der Waals surface area contributed by atoms with Gasteiger partial charge in [-0.25, -0.2) is 4.79 Å². The summed E-state index contributed by atoms with van der Waals surface area (Å²) in [5.74, 6) is 1.08. The maximum atomic E-state index is 12.9. The van der Waals surface area contributed by atoms with Crippen LogP contribution in [0.3, 0.4) is 0 Å². The normalized spacial score (nSPS) is 13.9. The summed E-state index contributed by atoms with van der Waals surface area (Å²) < 4.78 is 5.32. The van der Waals surface area contributed by atoms with Crippen molar-refractivity contribution >= 4 is 17.6 Å². The number of nitrogens with zero attached hydrogens (tertiary/aromatic N) is 1. The summed E-state index contributed by atoms with van der Waals surface area (Å²) in [6.07, 6.45) is 2.13. The smallest absolute Gasteiger partial charge is 0.321 e. The first-order valence-corrected chi connectivity index (χ1v) is 12.2. The van der Waals surface area contributed by atoms with Crippen molar-refractivity contribution in [3.63, 3.8) is 0 Å². The number of urea groups is 1. The van der Waals surface area contributed by atoms with Crippen LogP contribution in [0.1, 0.15) is 36.3 Å². The molecule has 0 aliphatic carbocycles. The van der Waals surface area contributed by atoms with Crippen LogP contribution < -0.4 is 15.4 Å². The van der Waals surface area contributed by atoms with Gasteiger partial charge in [-0.15, -0.1) is 0 Å². The van der Waals surface area contributed by atoms with E-state index in [1.54, 1.807) is 7.11 Å². The molecule has 0 atom stereocenters. The number of nitrogens with one attached hydrogen (secondary N) is 2. The Morgan fingerprint density at radius 2 is 1.46 bits per heavy atom. The van der Waals surface area contributed by atoms with E-state index in [0.29, 0.717) is 43.4 Å². The Balaban J connectivity index is 1.26. The standard InChI is InChI=1S/C29H33N3O3/c1-35-27-15-9-8-14-26(27)31-29(34)32-18-16-22(17-19-32)21-30-28(33)20-25(23-10-4-2-5-11-23)24-12-6-3-7-13-24/h2-15,22,25H,16-21H2,1H3,(H,30,33)(H,31,34). The molecule has 0 bridgehead atoms. The Labute approximate surface area is 207 Å². The third kappa shape index (κ3) is 6.63. The van der Waals surface area contributed by atoms with Gasteiger partial charge in [-0.3, -0.25) is 4.79 Å². The molecule has 4 rings (SSSR count). The molecule has 6 heteroatoms. The van der Waals surface area contributed by atoms with Crippen LogP contribution in [0, 0.1) is 5.92 Å². The Bertz CT molecular complexity index is 1060. The number of amides is 3. The Kier molecular flexibility index (Phi) is 8.39. The fraction of sp³-hybridized carbons (Fsp3) is 0.310. The molecule has 3 amide bonds. The predicted molar refractivity (Wildman–Crippen MR) is 139 cm³/mol. The van der Waals surface area contributed by atoms with Gasteiger partial charge in [0.1, 0.15) is 5.75 Å². The molecule has 1 fully saturated rings. The van der Waals surface area contributed by atoms with Crippen LogP contribution in [0.4, 0.5) is 10.5 Å². The van der Waals surface area contributed by atoms with Crippen molar-refractivity contribution in [1.82, 2.24) is 10.2 Å². The van der Waals surface area contributed by atoms with Gasteiger partial charge in [-0.1, -0.05) is 72.8 Å². The number of carbonyl (C=O) groups is 2. The fourth-order valence-electron chi connectivity index (χ4n) is 4.60. The highest BCUT2D eigenvalue weighted by atomic mass is 16.5. The Morgan fingerprint density at radius 1 is 0.886 bits per heavy atom. The van der Waals surface area contributed by atoms with Gasteiger partial charge in [-0.05, 0) is 42.0 Å². The maximum absolute atomic E-state index is 12.9. The second kappa shape index (κ2) is 12.1. The molecule has 2 N–H and O–H groups in total. The van der Waals surface area contributed by atoms with Crippen LogP contribution in [0.5, 0.6) is 5.75 Å². The van der Waals surface area contributed by atoms with Crippen molar-refractivity contribution < 1.29 is 14.3 Å². The van der Waals surface area contributed by atoms with Crippen molar-refractivity contribution in [2.75, 3.05) is 32.1 Å². The van der Waals surface area contributed by atoms with E-state index in [1.165, 1.54) is 0 Å². The van der Waals surface area contributed by atoms with Crippen LogP contribution in [-0.4, -0.2) is 43.6 Å². The molecule has 182 valence electrons. The zero-order valence-corrected chi connectivity index (χ0v) is 20.2. The highest BCUT2D eigenvalue weighted by Gasteiger charge is 2.24. The zero-order chi connectivity index (χ0) is 24.5. The first-order chi connectivity index (χ1) is 17.1. The second-order valence-electron chi connectivity index (χ2n) is 8.94. The molecule has 0 unspecified atom stereocenters. The summed E-state index contributed by atoms with van der Waals surface area (Å²) in [5, 5.41) is 6.09. The minimum Gasteiger partial charge on any atom is -0.495 e. The van der Waals surface area contributed by atoms with Crippen LogP contribution in [0.2, 0.25) is 0 Å². The van der Waals surface area contributed by atoms with Gasteiger partial charge in [0.2, 0.25) is 5.91 Å². The van der Waals surface area contributed by atoms with Gasteiger partial charge >= 0.3 is 6.03 Å². The molecule has 1 heterocycles. The van der Waals surface area contributed by atoms with Crippen molar-refractivity contribution in [3.05, 3.63) is 96.1 Å². The Hall–Kier alpha value is -3.80. The lowest BCUT2D eigenvalue weighted by molar-refractivity contribution is -0.121. The molecular weight excluding hydrogens is 438 g/mol. The van der Waals surface area contributed by atoms with Gasteiger partial charge < -0.3 is 20.3 Å². The first kappa shape index (κ1) is 24.3. The number of likely N-dealkylation sites (tertiary alicyclic amines) is 1. The van der Waals surface area contributed by atoms with E-state index in [4.69, 9.17) is 4.74 Å². The molecule has 1 aliphatic heterocycles. The molecule has 3 aromatic rings. The zero-order valence-electron chi connectivity index (χ0n) is 20.2. The van der Waals surface area contributed by atoms with Crippen molar-refractivity contribution in [2.45, 2.75) is 25.2 Å². The maximum Gasteiger partial charge on any atom is 0.321 e. The minimum absolute atomic E-state index is 0.0259. The molecule has 0 radical (unpaired) electrons. The lowest BCUT2D eigenvalue weighted by atomic mass is 9.88. The minimum atomic E-state index is -0.120. The highest BCUT2D eigenvalue weighted by molar-refractivity contribution is 5.91. The topological polar surface area (TPSA) is 70.7 Å². The highest BCUT2D eigenvalue weighted by Crippen LogP contribution is 2.28. The van der Waals surface area contributed by atoms with E-state index in [1.807, 2.05) is 65.6 Å². The third-order valence-corrected chi connectivity index (χ3v) is 6.63. The number of hydrogen-bond acceptors (Lipinski definition) is 3. The number of para-hydroxylation sites is 2. The molecule has 3 aromatic carbocycles. The van der Waals surface area contributed by atoms with Gasteiger partial charge in [0, 0.05) is 32.0 Å². The summed E-state index contributed by atoms with van der Waals surface area (Å²) in [5.41, 5.74) is 2.95. The van der Waals surface area contributed by atoms with E-state index in [2.05, 4.69) is 34.9 Å². The van der Waals surface area contributed by atoms with Crippen molar-refractivity contribution in [2.24, 2.45) is 5.92 Å². The lowest BCUT2D eigenvalue weighted by Gasteiger charge is -2.32. The number of carbonyl (C=O) groups excluding carboxylic acids is 2. The van der Waals surface area contributed by atoms with Crippen LogP contribution in [-0.2, 0) is 4.79 Å². The van der Waals surface area contributed by atoms with E-state index < -0.39 is 0 Å². The lowest BCUT2D eigenvalue weighted by Crippen LogP contribution is -2.43. The monoisotopic (exact) mass is 471 g/mol. The number of piperidine rings is 1. The van der Waals surface area contributed by atoms with Crippen LogP contribution >= 0.6 is 0 Å². The number of rotatable bonds is 8. The van der Waals surface area contributed by atoms with Crippen LogP contribution in [0.25, 0.3) is 0 Å². The molecular formula is C29H33N3O3. The molecule has 0 aromatic heterocycles. The molecule has 0 saturated carbocycles. The number of anilines is 1. The summed E-state index contributed by atoms with van der Waals surface area (Å²) in [4.78, 5) is 27.4. The number of hydrogen-bond donors (Lipinski definition) is 2. The first-order valence-electron chi connectivity index (χ1n) is 12.2. The predicted octanol–water partition coefficient (Wildman–Crippen LogP) is 5.28. The molecule has 6 nitrogen and oxygen atoms in total. The van der Waals surface area contributed by atoms with Gasteiger partial charge in [0.15, 0.2) is 0 Å².